The van der Waals surface area contributed by atoms with Gasteiger partial charge in [-0.05, 0) is 272 Å². The third kappa shape index (κ3) is 25.8. The number of H-pyrrole nitrogens is 4. The van der Waals surface area contributed by atoms with Gasteiger partial charge < -0.3 is 55.4 Å². The van der Waals surface area contributed by atoms with E-state index in [4.69, 9.17) is 4.74 Å². The number of aromatic nitrogens is 13. The summed E-state index contributed by atoms with van der Waals surface area (Å²) >= 11 is 0. The topological polar surface area (TPSA) is 334 Å². The first-order chi connectivity index (χ1) is 66.4. The van der Waals surface area contributed by atoms with E-state index < -0.39 is 0 Å². The molecule has 0 atom stereocenters. The molecule has 8 N–H and O–H groups in total. The summed E-state index contributed by atoms with van der Waals surface area (Å²) in [5.41, 5.74) is 23.8. The average Bonchev–Trinajstić information content (AvgIpc) is 1.67. The zero-order chi connectivity index (χ0) is 95.4. The van der Waals surface area contributed by atoms with E-state index in [1.54, 1.807) is 6.20 Å². The van der Waals surface area contributed by atoms with E-state index >= 15 is 0 Å². The Hall–Kier alpha value is -14.5. The number of nitrogens with one attached hydrogen (secondary N) is 8. The molecule has 0 saturated carbocycles. The maximum Gasteiger partial charge on any atom is 0.276 e. The predicted molar refractivity (Wildman–Crippen MR) is 545 cm³/mol. The maximum absolute atomic E-state index is 13.2. The lowest BCUT2D eigenvalue weighted by molar-refractivity contribution is 0.0342. The fourth-order valence-electron chi connectivity index (χ4n) is 17.2. The highest BCUT2D eigenvalue weighted by Gasteiger charge is 2.24. The van der Waals surface area contributed by atoms with E-state index in [9.17, 15) is 19.2 Å². The number of hydrogen-bond acceptors (Lipinski definition) is 23. The summed E-state index contributed by atoms with van der Waals surface area (Å²) in [5, 5.41) is 44.2. The van der Waals surface area contributed by atoms with Crippen molar-refractivity contribution in [3.05, 3.63) is 299 Å². The standard InChI is InChI=1S/C28H33N7O.C28H32N6O.C27H30N6O2.C23H25N7O/c1-33(2)18-21-13-23(17-29-16-21)22-7-8-26-25(15-22)27(32-31-26)28(36)30-24-6-4-5-20(14-24)19-35-11-9-34(3)10-12-35;1-33(2)18-21-13-23(17-29-16-21)22-9-10-26-25(15-22)27(32-31-26)28(35)30-24-8-6-7-20(14-24)19-34-11-4-3-5-12-34;1-32(2)17-20-12-22(16-28-15-20)21-6-7-25-24(14-21)26(31-30-25)27(34)29-23-5-3-4-19(13-23)18-33-8-10-35-11-9-33;1-29(2)14-15-9-17(12-24-11-15)16-5-7-20-19(10-16)22(28-27-20)23(31)26-18-6-8-21(25-13-18)30(3)4/h4-8,13-17H,9-12,18-19H2,1-3H3,(H,30,36)(H,31,32);6-10,13-17H,3-5,11-12,18-19H2,1-2H3,(H,30,35)(H,31,32);3-7,12-16H,8-11,17-18H2,1-2H3,(H,29,34)(H,30,31);5-13H,14H2,1-4H3,(H,26,31)(H,27,28). The van der Waals surface area contributed by atoms with Crippen LogP contribution in [0.3, 0.4) is 0 Å². The summed E-state index contributed by atoms with van der Waals surface area (Å²) < 4.78 is 5.43. The number of pyridine rings is 5. The van der Waals surface area contributed by atoms with E-state index in [0.29, 0.717) is 28.5 Å². The predicted octanol–water partition coefficient (Wildman–Crippen LogP) is 15.8. The molecule has 3 saturated heterocycles. The summed E-state index contributed by atoms with van der Waals surface area (Å²) in [6, 6.07) is 60.3. The highest BCUT2D eigenvalue weighted by molar-refractivity contribution is 6.15. The van der Waals surface area contributed by atoms with Crippen molar-refractivity contribution >= 4 is 95.8 Å². The maximum atomic E-state index is 13.2. The molecule has 19 rings (SSSR count). The molecule has 0 spiro atoms. The molecular formula is C106H120N26O5. The Balaban J connectivity index is 0.000000132. The van der Waals surface area contributed by atoms with Gasteiger partial charge in [0, 0.05) is 210 Å². The largest absolute Gasteiger partial charge is 0.379 e. The number of amides is 4. The van der Waals surface area contributed by atoms with Crippen molar-refractivity contribution in [1.82, 2.24) is 105 Å². The van der Waals surface area contributed by atoms with E-state index in [-0.39, 0.29) is 23.6 Å². The van der Waals surface area contributed by atoms with Crippen LogP contribution in [0.25, 0.3) is 88.1 Å². The molecule has 3 aliphatic heterocycles. The van der Waals surface area contributed by atoms with Crippen LogP contribution in [0, 0.1) is 0 Å². The Morgan fingerprint density at radius 1 is 0.314 bits per heavy atom. The van der Waals surface area contributed by atoms with Gasteiger partial charge in [-0.1, -0.05) is 67.1 Å². The Kier molecular flexibility index (Phi) is 31.6. The lowest BCUT2D eigenvalue weighted by Crippen LogP contribution is -2.43. The number of likely N-dealkylation sites (tertiary alicyclic amines) is 1. The van der Waals surface area contributed by atoms with Gasteiger partial charge in [0.1, 0.15) is 5.82 Å². The molecule has 31 heteroatoms. The number of ether oxygens (including phenoxy) is 1. The number of hydrogen-bond donors (Lipinski definition) is 8. The van der Waals surface area contributed by atoms with Gasteiger partial charge in [-0.25, -0.2) is 4.98 Å². The summed E-state index contributed by atoms with van der Waals surface area (Å²) in [5.74, 6) is -0.158. The van der Waals surface area contributed by atoms with Crippen molar-refractivity contribution in [1.29, 1.82) is 0 Å². The fourth-order valence-corrected chi connectivity index (χ4v) is 17.2. The van der Waals surface area contributed by atoms with Crippen molar-refractivity contribution in [2.45, 2.75) is 65.1 Å². The first-order valence-corrected chi connectivity index (χ1v) is 46.3. The summed E-state index contributed by atoms with van der Waals surface area (Å²) in [7, 11) is 22.3. The van der Waals surface area contributed by atoms with Gasteiger partial charge in [0.15, 0.2) is 22.8 Å². The van der Waals surface area contributed by atoms with Gasteiger partial charge in [-0.3, -0.25) is 74.2 Å². The van der Waals surface area contributed by atoms with Gasteiger partial charge in [0.2, 0.25) is 0 Å². The Morgan fingerprint density at radius 3 is 0.934 bits per heavy atom. The van der Waals surface area contributed by atoms with Crippen molar-refractivity contribution in [2.24, 2.45) is 0 Å². The highest BCUT2D eigenvalue weighted by Crippen LogP contribution is 2.34. The van der Waals surface area contributed by atoms with E-state index in [0.717, 1.165) is 250 Å². The lowest BCUT2D eigenvalue weighted by atomic mass is 10.0. The fraction of sp³-hybridized carbons (Fsp3) is 0.292. The number of likely N-dealkylation sites (N-methyl/N-ethyl adjacent to an activating group) is 1. The van der Waals surface area contributed by atoms with Crippen LogP contribution in [0.1, 0.15) is 100 Å². The molecule has 3 fully saturated rings. The second-order valence-corrected chi connectivity index (χ2v) is 36.6. The first kappa shape index (κ1) is 95.6. The molecule has 0 bridgehead atoms. The molecule has 12 heterocycles. The number of nitrogens with zero attached hydrogens (tertiary/aromatic N) is 18. The highest BCUT2D eigenvalue weighted by atomic mass is 16.5. The zero-order valence-electron chi connectivity index (χ0n) is 79.7. The number of rotatable bonds is 27. The Labute approximate surface area is 798 Å². The Morgan fingerprint density at radius 2 is 0.628 bits per heavy atom. The molecule has 7 aromatic carbocycles. The quantitative estimate of drug-likeness (QED) is 0.0237. The van der Waals surface area contributed by atoms with Gasteiger partial charge in [0.25, 0.3) is 23.6 Å². The molecule has 704 valence electrons. The number of piperazine rings is 1. The second kappa shape index (κ2) is 45.2. The molecule has 137 heavy (non-hydrogen) atoms. The molecule has 4 amide bonds. The van der Waals surface area contributed by atoms with Crippen LogP contribution < -0.4 is 26.2 Å². The average molecular weight is 1840 g/mol. The van der Waals surface area contributed by atoms with Crippen LogP contribution in [0.5, 0.6) is 0 Å². The van der Waals surface area contributed by atoms with Crippen LogP contribution >= 0.6 is 0 Å². The van der Waals surface area contributed by atoms with Crippen molar-refractivity contribution in [2.75, 3.05) is 169 Å². The number of anilines is 5. The summed E-state index contributed by atoms with van der Waals surface area (Å²) in [6.07, 6.45) is 20.4. The number of morpholine rings is 1. The number of piperidine rings is 1. The molecule has 16 aromatic rings. The van der Waals surface area contributed by atoms with Crippen LogP contribution in [0.2, 0.25) is 0 Å². The summed E-state index contributed by atoms with van der Waals surface area (Å²) in [4.78, 5) is 94.4. The minimum atomic E-state index is -0.290. The van der Waals surface area contributed by atoms with Gasteiger partial charge >= 0.3 is 0 Å². The SMILES string of the molecule is CN(C)Cc1cncc(-c2ccc3[nH]nc(C(=O)Nc4ccc(N(C)C)nc4)c3c2)c1.CN(C)Cc1cncc(-c2ccc3[nH]nc(C(=O)Nc4cccc(CN5CCCCC5)c4)c3c2)c1.CN(C)Cc1cncc(-c2ccc3[nH]nc(C(=O)Nc4cccc(CN5CCN(C)CC5)c4)c3c2)c1.CN(C)Cc1cncc(-c2ccc3[nH]nc(C(=O)Nc4cccc(CN5CCOCC5)c4)c3c2)c1. The molecule has 3 aliphatic rings. The van der Waals surface area contributed by atoms with Crippen LogP contribution in [-0.4, -0.2) is 272 Å². The zero-order valence-corrected chi connectivity index (χ0v) is 79.7. The number of fused-ring (bicyclic) bond motifs is 4. The second-order valence-electron chi connectivity index (χ2n) is 36.6. The molecule has 0 aliphatic carbocycles. The minimum absolute atomic E-state index is 0.219. The monoisotopic (exact) mass is 1840 g/mol. The van der Waals surface area contributed by atoms with Gasteiger partial charge in [-0.2, -0.15) is 20.4 Å². The number of carbonyl (C=O) groups excluding carboxylic acids is 4. The Bertz CT molecular complexity index is 6630. The third-order valence-corrected chi connectivity index (χ3v) is 24.0. The molecule has 31 nitrogen and oxygen atoms in total. The molecular weight excluding hydrogens is 1720 g/mol. The molecule has 0 unspecified atom stereocenters. The van der Waals surface area contributed by atoms with Crippen LogP contribution in [0.15, 0.2) is 238 Å². The van der Waals surface area contributed by atoms with Crippen LogP contribution in [-0.2, 0) is 50.6 Å². The number of aromatic amines is 4. The molecule has 0 radical (unpaired) electrons. The van der Waals surface area contributed by atoms with Gasteiger partial charge in [-0.15, -0.1) is 0 Å². The number of carbonyl (C=O) groups is 4. The smallest absolute Gasteiger partial charge is 0.276 e. The van der Waals surface area contributed by atoms with Gasteiger partial charge in [0.05, 0.1) is 47.2 Å². The minimum Gasteiger partial charge on any atom is -0.379 e. The van der Waals surface area contributed by atoms with E-state index in [2.05, 4.69) is 188 Å². The first-order valence-electron chi connectivity index (χ1n) is 46.3. The lowest BCUT2D eigenvalue weighted by Gasteiger charge is -2.32. The normalized spacial score (nSPS) is 13.9. The van der Waals surface area contributed by atoms with E-state index in [1.807, 2.05) is 252 Å². The number of benzene rings is 7. The van der Waals surface area contributed by atoms with Crippen molar-refractivity contribution in [3.63, 3.8) is 0 Å². The van der Waals surface area contributed by atoms with Crippen molar-refractivity contribution in [3.8, 4) is 44.5 Å². The summed E-state index contributed by atoms with van der Waals surface area (Å²) in [6.45, 7) is 15.8. The van der Waals surface area contributed by atoms with Crippen LogP contribution in [0.4, 0.5) is 28.6 Å². The third-order valence-electron chi connectivity index (χ3n) is 24.0. The van der Waals surface area contributed by atoms with E-state index in [1.165, 1.54) is 30.4 Å². The molecule has 9 aromatic heterocycles. The van der Waals surface area contributed by atoms with Crippen molar-refractivity contribution < 1.29 is 23.9 Å².